The van der Waals surface area contributed by atoms with Crippen molar-refractivity contribution in [1.82, 2.24) is 0 Å². The lowest BCUT2D eigenvalue weighted by Gasteiger charge is -2.17. The van der Waals surface area contributed by atoms with Crippen LogP contribution in [0.1, 0.15) is 25.7 Å². The highest BCUT2D eigenvalue weighted by molar-refractivity contribution is 7.80. The second kappa shape index (κ2) is 6.96. The van der Waals surface area contributed by atoms with E-state index >= 15 is 0 Å². The minimum absolute atomic E-state index is 0.323. The molecule has 0 aliphatic rings. The molecule has 3 nitrogen and oxygen atoms in total. The Labute approximate surface area is 79.5 Å². The molecule has 0 aromatic heterocycles. The zero-order valence-corrected chi connectivity index (χ0v) is 9.15. The summed E-state index contributed by atoms with van der Waals surface area (Å²) in [5, 5.41) is 0. The third-order valence-corrected chi connectivity index (χ3v) is 2.35. The summed E-state index contributed by atoms with van der Waals surface area (Å²) in [4.78, 5) is 10.5. The van der Waals surface area contributed by atoms with Crippen molar-refractivity contribution >= 4 is 20.2 Å². The van der Waals surface area contributed by atoms with Crippen LogP contribution in [0.3, 0.4) is 0 Å². The van der Waals surface area contributed by atoms with Crippen LogP contribution in [0.5, 0.6) is 0 Å². The van der Waals surface area contributed by atoms with Gasteiger partial charge in [0, 0.05) is 6.66 Å². The first-order valence-electron chi connectivity index (χ1n) is 4.10. The third-order valence-electron chi connectivity index (χ3n) is 1.38. The molecule has 0 N–H and O–H groups in total. The van der Waals surface area contributed by atoms with Crippen molar-refractivity contribution in [2.24, 2.45) is 0 Å². The molecule has 74 valence electrons. The average Bonchev–Trinajstić information content (AvgIpc) is 1.94. The van der Waals surface area contributed by atoms with E-state index in [0.717, 1.165) is 38.1 Å². The fourth-order valence-corrected chi connectivity index (χ4v) is 1.48. The quantitative estimate of drug-likeness (QED) is 0.396. The Balaban J connectivity index is 3.06. The van der Waals surface area contributed by atoms with Crippen LogP contribution < -0.4 is 4.89 Å². The molecular formula is C7H16O3PS-. The van der Waals surface area contributed by atoms with Crippen molar-refractivity contribution in [3.63, 3.8) is 0 Å². The van der Waals surface area contributed by atoms with Gasteiger partial charge in [-0.15, -0.1) is 0 Å². The van der Waals surface area contributed by atoms with E-state index in [-0.39, 0.29) is 0 Å². The van der Waals surface area contributed by atoms with E-state index in [0.29, 0.717) is 6.61 Å². The van der Waals surface area contributed by atoms with E-state index < -0.39 is 7.60 Å². The molecule has 0 saturated carbocycles. The summed E-state index contributed by atoms with van der Waals surface area (Å²) in [5.41, 5.74) is 0. The number of rotatable bonds is 7. The number of unbranched alkanes of at least 4 members (excludes halogenated alkanes) is 3. The Morgan fingerprint density at radius 1 is 1.33 bits per heavy atom. The molecule has 0 heterocycles. The van der Waals surface area contributed by atoms with Gasteiger partial charge in [0.25, 0.3) is 0 Å². The zero-order chi connectivity index (χ0) is 9.45. The Hall–Kier alpha value is 0.500. The second-order valence-corrected chi connectivity index (χ2v) is 4.99. The summed E-state index contributed by atoms with van der Waals surface area (Å²) in [5.74, 6) is 0.898. The van der Waals surface area contributed by atoms with Crippen molar-refractivity contribution < 1.29 is 14.0 Å². The van der Waals surface area contributed by atoms with Crippen LogP contribution in [0.2, 0.25) is 0 Å². The summed E-state index contributed by atoms with van der Waals surface area (Å²) in [7, 11) is -3.49. The van der Waals surface area contributed by atoms with Crippen LogP contribution in [0.25, 0.3) is 0 Å². The minimum Gasteiger partial charge on any atom is -0.779 e. The van der Waals surface area contributed by atoms with E-state index in [1.54, 1.807) is 0 Å². The fourth-order valence-electron chi connectivity index (χ4n) is 0.798. The molecule has 0 saturated heterocycles. The highest BCUT2D eigenvalue weighted by Crippen LogP contribution is 2.30. The van der Waals surface area contributed by atoms with Crippen LogP contribution in [0, 0.1) is 0 Å². The maximum atomic E-state index is 10.5. The first-order valence-corrected chi connectivity index (χ1v) is 6.72. The van der Waals surface area contributed by atoms with Crippen LogP contribution in [-0.4, -0.2) is 19.0 Å². The van der Waals surface area contributed by atoms with Crippen LogP contribution in [0.4, 0.5) is 0 Å². The maximum Gasteiger partial charge on any atom is 0.131 e. The smallest absolute Gasteiger partial charge is 0.131 e. The van der Waals surface area contributed by atoms with Gasteiger partial charge in [-0.3, -0.25) is 0 Å². The molecule has 0 radical (unpaired) electrons. The topological polar surface area (TPSA) is 49.4 Å². The molecule has 0 aliphatic carbocycles. The Morgan fingerprint density at radius 3 is 2.42 bits per heavy atom. The van der Waals surface area contributed by atoms with Gasteiger partial charge < -0.3 is 14.0 Å². The van der Waals surface area contributed by atoms with Crippen molar-refractivity contribution in [2.45, 2.75) is 25.7 Å². The van der Waals surface area contributed by atoms with Gasteiger partial charge in [-0.1, -0.05) is 12.8 Å². The predicted molar refractivity (Wildman–Crippen MR) is 51.8 cm³/mol. The fraction of sp³-hybridized carbons (Fsp3) is 1.00. The van der Waals surface area contributed by atoms with Gasteiger partial charge in [0.15, 0.2) is 0 Å². The van der Waals surface area contributed by atoms with E-state index in [1.165, 1.54) is 0 Å². The van der Waals surface area contributed by atoms with Gasteiger partial charge in [-0.2, -0.15) is 12.6 Å². The number of hydrogen-bond acceptors (Lipinski definition) is 4. The minimum atomic E-state index is -3.49. The molecule has 0 aliphatic heterocycles. The monoisotopic (exact) mass is 211 g/mol. The molecule has 0 aromatic rings. The highest BCUT2D eigenvalue weighted by atomic mass is 32.1. The van der Waals surface area contributed by atoms with E-state index in [4.69, 9.17) is 0 Å². The lowest BCUT2D eigenvalue weighted by atomic mass is 10.2. The summed E-state index contributed by atoms with van der Waals surface area (Å²) >= 11 is 4.07. The van der Waals surface area contributed by atoms with Crippen LogP contribution in [-0.2, 0) is 9.09 Å². The van der Waals surface area contributed by atoms with Crippen molar-refractivity contribution in [2.75, 3.05) is 19.0 Å². The van der Waals surface area contributed by atoms with Crippen molar-refractivity contribution in [1.29, 1.82) is 0 Å². The lowest BCUT2D eigenvalue weighted by Crippen LogP contribution is -2.03. The van der Waals surface area contributed by atoms with Gasteiger partial charge in [-0.25, -0.2) is 0 Å². The first kappa shape index (κ1) is 12.5. The normalized spacial score (nSPS) is 15.9. The van der Waals surface area contributed by atoms with E-state index in [9.17, 15) is 9.46 Å². The molecule has 0 bridgehead atoms. The Kier molecular flexibility index (Phi) is 7.25. The van der Waals surface area contributed by atoms with Gasteiger partial charge in [0.1, 0.15) is 7.60 Å². The standard InChI is InChI=1S/C7H17O3PS/c1-11(8,9)10-6-4-2-3-5-7-12/h12H,2-7H2,1H3,(H,8,9)/p-1. The van der Waals surface area contributed by atoms with Gasteiger partial charge >= 0.3 is 0 Å². The summed E-state index contributed by atoms with van der Waals surface area (Å²) in [6, 6.07) is 0. The SMILES string of the molecule is CP(=O)([O-])OCCCCCCS. The second-order valence-electron chi connectivity index (χ2n) is 2.74. The van der Waals surface area contributed by atoms with E-state index in [2.05, 4.69) is 17.2 Å². The predicted octanol–water partition coefficient (Wildman–Crippen LogP) is 1.68. The molecule has 1 atom stereocenters. The molecule has 0 aromatic carbocycles. The van der Waals surface area contributed by atoms with Gasteiger partial charge in [0.2, 0.25) is 0 Å². The average molecular weight is 211 g/mol. The zero-order valence-electron chi connectivity index (χ0n) is 7.36. The largest absolute Gasteiger partial charge is 0.779 e. The number of hydrogen-bond donors (Lipinski definition) is 1. The molecule has 12 heavy (non-hydrogen) atoms. The maximum absolute atomic E-state index is 10.5. The molecule has 5 heteroatoms. The van der Waals surface area contributed by atoms with Crippen LogP contribution >= 0.6 is 20.2 Å². The van der Waals surface area contributed by atoms with E-state index in [1.807, 2.05) is 0 Å². The molecular weight excluding hydrogens is 195 g/mol. The molecule has 1 unspecified atom stereocenters. The molecule has 0 amide bonds. The highest BCUT2D eigenvalue weighted by Gasteiger charge is 1.97. The summed E-state index contributed by atoms with van der Waals surface area (Å²) in [6.07, 6.45) is 4.01. The summed E-state index contributed by atoms with van der Waals surface area (Å²) < 4.78 is 15.1. The number of thiol groups is 1. The first-order chi connectivity index (χ1) is 5.56. The van der Waals surface area contributed by atoms with Gasteiger partial charge in [0.05, 0.1) is 6.61 Å². The molecule has 0 fully saturated rings. The Bertz CT molecular complexity index is 146. The van der Waals surface area contributed by atoms with Crippen molar-refractivity contribution in [3.8, 4) is 0 Å². The third kappa shape index (κ3) is 10.5. The lowest BCUT2D eigenvalue weighted by molar-refractivity contribution is -0.196. The van der Waals surface area contributed by atoms with Crippen LogP contribution in [0.15, 0.2) is 0 Å². The van der Waals surface area contributed by atoms with Gasteiger partial charge in [-0.05, 0) is 18.6 Å². The summed E-state index contributed by atoms with van der Waals surface area (Å²) in [6.45, 7) is 1.42. The molecule has 0 rings (SSSR count). The Morgan fingerprint density at radius 2 is 1.92 bits per heavy atom. The molecule has 0 spiro atoms. The van der Waals surface area contributed by atoms with Crippen molar-refractivity contribution in [3.05, 3.63) is 0 Å².